The molecule has 1 heterocycles. The van der Waals surface area contributed by atoms with E-state index in [1.165, 1.54) is 0 Å². The van der Waals surface area contributed by atoms with E-state index < -0.39 is 11.1 Å². The van der Waals surface area contributed by atoms with Gasteiger partial charge in [-0.1, -0.05) is 24.3 Å². The molecule has 0 aliphatic carbocycles. The number of benzene rings is 1. The van der Waals surface area contributed by atoms with Crippen LogP contribution in [0, 0.1) is 0 Å². The molecule has 2 aromatic rings. The molecule has 1 unspecified atom stereocenters. The van der Waals surface area contributed by atoms with E-state index in [1.807, 2.05) is 30.3 Å². The third-order valence-electron chi connectivity index (χ3n) is 2.41. The van der Waals surface area contributed by atoms with Gasteiger partial charge in [0.1, 0.15) is 0 Å². The molecule has 0 aliphatic heterocycles. The fourth-order valence-corrected chi connectivity index (χ4v) is 2.07. The van der Waals surface area contributed by atoms with Crippen LogP contribution in [0.15, 0.2) is 42.7 Å². The first-order valence-electron chi connectivity index (χ1n) is 5.03. The Bertz CT molecular complexity index is 540. The molecule has 0 aliphatic rings. The minimum atomic E-state index is -1.81. The van der Waals surface area contributed by atoms with E-state index in [0.29, 0.717) is 5.69 Å². The van der Waals surface area contributed by atoms with E-state index in [9.17, 15) is 4.21 Å². The lowest BCUT2D eigenvalue weighted by Crippen LogP contribution is -1.94. The van der Waals surface area contributed by atoms with Gasteiger partial charge in [-0.05, 0) is 17.2 Å². The number of hydrogen-bond donors (Lipinski definition) is 2. The van der Waals surface area contributed by atoms with E-state index in [1.54, 1.807) is 12.4 Å². The van der Waals surface area contributed by atoms with Crippen LogP contribution in [-0.4, -0.2) is 13.7 Å². The number of nitrogen functional groups attached to an aromatic ring is 1. The average Bonchev–Trinajstić information content (AvgIpc) is 2.30. The predicted octanol–water partition coefficient (Wildman–Crippen LogP) is 2.05. The Kier molecular flexibility index (Phi) is 3.51. The molecule has 0 saturated heterocycles. The van der Waals surface area contributed by atoms with Crippen LogP contribution in [0.4, 0.5) is 5.69 Å². The Labute approximate surface area is 102 Å². The highest BCUT2D eigenvalue weighted by atomic mass is 32.2. The molecular formula is C12H12N2O2S. The van der Waals surface area contributed by atoms with Gasteiger partial charge in [0, 0.05) is 11.8 Å². The Morgan fingerprint density at radius 1 is 1.24 bits per heavy atom. The van der Waals surface area contributed by atoms with Crippen molar-refractivity contribution in [2.24, 2.45) is 0 Å². The van der Waals surface area contributed by atoms with Crippen molar-refractivity contribution in [3.63, 3.8) is 0 Å². The second-order valence-corrected chi connectivity index (χ2v) is 4.56. The van der Waals surface area contributed by atoms with Crippen LogP contribution in [0.2, 0.25) is 0 Å². The molecule has 1 aromatic heterocycles. The van der Waals surface area contributed by atoms with Crippen molar-refractivity contribution >= 4 is 16.8 Å². The number of nitrogens with zero attached hydrogens (tertiary/aromatic N) is 1. The monoisotopic (exact) mass is 248 g/mol. The fraction of sp³-hybridized carbons (Fsp3) is 0.0833. The first-order chi connectivity index (χ1) is 8.16. The SMILES string of the molecule is Nc1cnccc1-c1ccc(CS(=O)O)cc1. The quantitative estimate of drug-likeness (QED) is 0.815. The maximum Gasteiger partial charge on any atom is 0.157 e. The smallest absolute Gasteiger partial charge is 0.157 e. The summed E-state index contributed by atoms with van der Waals surface area (Å²) in [4.78, 5) is 3.93. The summed E-state index contributed by atoms with van der Waals surface area (Å²) < 4.78 is 19.4. The lowest BCUT2D eigenvalue weighted by Gasteiger charge is -2.05. The van der Waals surface area contributed by atoms with E-state index in [2.05, 4.69) is 4.98 Å². The zero-order valence-corrected chi connectivity index (χ0v) is 9.85. The summed E-state index contributed by atoms with van der Waals surface area (Å²) in [6.45, 7) is 0. The molecule has 88 valence electrons. The number of aromatic nitrogens is 1. The summed E-state index contributed by atoms with van der Waals surface area (Å²) >= 11 is -1.81. The molecule has 0 saturated carbocycles. The molecule has 0 amide bonds. The Hall–Kier alpha value is -1.72. The summed E-state index contributed by atoms with van der Waals surface area (Å²) in [5, 5.41) is 0. The number of rotatable bonds is 3. The summed E-state index contributed by atoms with van der Waals surface area (Å²) in [5.74, 6) is 0.145. The molecule has 0 fully saturated rings. The zero-order valence-electron chi connectivity index (χ0n) is 9.04. The number of hydrogen-bond acceptors (Lipinski definition) is 3. The van der Waals surface area contributed by atoms with Crippen LogP contribution in [0.25, 0.3) is 11.1 Å². The minimum Gasteiger partial charge on any atom is -0.397 e. The maximum absolute atomic E-state index is 10.7. The normalized spacial score (nSPS) is 12.3. The average molecular weight is 248 g/mol. The molecule has 3 N–H and O–H groups in total. The molecule has 1 aromatic carbocycles. The highest BCUT2D eigenvalue weighted by molar-refractivity contribution is 7.78. The Balaban J connectivity index is 2.30. The third-order valence-corrected chi connectivity index (χ3v) is 2.99. The molecule has 0 radical (unpaired) electrons. The zero-order chi connectivity index (χ0) is 12.3. The van der Waals surface area contributed by atoms with E-state index in [0.717, 1.165) is 16.7 Å². The van der Waals surface area contributed by atoms with Gasteiger partial charge in [0.2, 0.25) is 0 Å². The van der Waals surface area contributed by atoms with Gasteiger partial charge >= 0.3 is 0 Å². The van der Waals surface area contributed by atoms with Crippen molar-refractivity contribution in [1.82, 2.24) is 4.98 Å². The van der Waals surface area contributed by atoms with Crippen LogP contribution >= 0.6 is 0 Å². The fourth-order valence-electron chi connectivity index (χ4n) is 1.59. The lowest BCUT2D eigenvalue weighted by molar-refractivity contribution is 0.563. The second-order valence-electron chi connectivity index (χ2n) is 3.63. The highest BCUT2D eigenvalue weighted by Crippen LogP contribution is 2.24. The maximum atomic E-state index is 10.7. The van der Waals surface area contributed by atoms with Crippen LogP contribution in [-0.2, 0) is 16.8 Å². The molecule has 17 heavy (non-hydrogen) atoms. The second kappa shape index (κ2) is 5.07. The molecule has 2 rings (SSSR count). The third kappa shape index (κ3) is 2.89. The summed E-state index contributed by atoms with van der Waals surface area (Å²) in [5.41, 5.74) is 9.14. The number of pyridine rings is 1. The van der Waals surface area contributed by atoms with Gasteiger partial charge in [-0.2, -0.15) is 0 Å². The van der Waals surface area contributed by atoms with Gasteiger partial charge in [0.15, 0.2) is 11.1 Å². The lowest BCUT2D eigenvalue weighted by atomic mass is 10.0. The van der Waals surface area contributed by atoms with Crippen molar-refractivity contribution in [2.45, 2.75) is 5.75 Å². The minimum absolute atomic E-state index is 0.145. The van der Waals surface area contributed by atoms with Crippen LogP contribution in [0.5, 0.6) is 0 Å². The number of anilines is 1. The van der Waals surface area contributed by atoms with Gasteiger partial charge < -0.3 is 10.3 Å². The topological polar surface area (TPSA) is 76.2 Å². The standard InChI is InChI=1S/C12H12N2O2S/c13-12-7-14-6-5-11(12)10-3-1-9(2-4-10)8-17(15)16/h1-7H,8,13H2,(H,15,16). The van der Waals surface area contributed by atoms with Gasteiger partial charge in [-0.3, -0.25) is 4.98 Å². The Morgan fingerprint density at radius 3 is 2.53 bits per heavy atom. The van der Waals surface area contributed by atoms with Crippen molar-refractivity contribution in [2.75, 3.05) is 5.73 Å². The first-order valence-corrected chi connectivity index (χ1v) is 6.30. The van der Waals surface area contributed by atoms with Crippen LogP contribution < -0.4 is 5.73 Å². The van der Waals surface area contributed by atoms with E-state index in [-0.39, 0.29) is 5.75 Å². The van der Waals surface area contributed by atoms with Gasteiger partial charge in [0.25, 0.3) is 0 Å². The van der Waals surface area contributed by atoms with Crippen molar-refractivity contribution in [3.05, 3.63) is 48.3 Å². The van der Waals surface area contributed by atoms with Crippen molar-refractivity contribution in [1.29, 1.82) is 0 Å². The number of nitrogens with two attached hydrogens (primary N) is 1. The predicted molar refractivity (Wildman–Crippen MR) is 68.6 cm³/mol. The molecule has 0 spiro atoms. The summed E-state index contributed by atoms with van der Waals surface area (Å²) in [7, 11) is 0. The van der Waals surface area contributed by atoms with Crippen molar-refractivity contribution < 1.29 is 8.76 Å². The molecular weight excluding hydrogens is 236 g/mol. The van der Waals surface area contributed by atoms with Crippen LogP contribution in [0.3, 0.4) is 0 Å². The van der Waals surface area contributed by atoms with Gasteiger partial charge in [0.05, 0.1) is 17.6 Å². The Morgan fingerprint density at radius 2 is 1.94 bits per heavy atom. The highest BCUT2D eigenvalue weighted by Gasteiger charge is 2.03. The summed E-state index contributed by atoms with van der Waals surface area (Å²) in [6, 6.07) is 9.25. The van der Waals surface area contributed by atoms with Crippen LogP contribution in [0.1, 0.15) is 5.56 Å². The molecule has 4 nitrogen and oxygen atoms in total. The van der Waals surface area contributed by atoms with E-state index >= 15 is 0 Å². The largest absolute Gasteiger partial charge is 0.397 e. The van der Waals surface area contributed by atoms with Gasteiger partial charge in [-0.25, -0.2) is 4.21 Å². The van der Waals surface area contributed by atoms with Crippen molar-refractivity contribution in [3.8, 4) is 11.1 Å². The van der Waals surface area contributed by atoms with E-state index in [4.69, 9.17) is 10.3 Å². The first kappa shape index (κ1) is 11.8. The molecule has 0 bridgehead atoms. The summed E-state index contributed by atoms with van der Waals surface area (Å²) in [6.07, 6.45) is 3.29. The molecule has 1 atom stereocenters. The molecule has 5 heteroatoms. The van der Waals surface area contributed by atoms with Gasteiger partial charge in [-0.15, -0.1) is 0 Å².